The maximum absolute atomic E-state index is 12.5. The summed E-state index contributed by atoms with van der Waals surface area (Å²) in [4.78, 5) is 18.4. The number of amides is 1. The largest absolute Gasteiger partial charge is 0.399 e. The standard InChI is InChI=1S/C17H23N5O/c18-16-6-2-1-5-15(16)7-8-17(23)21-9-3-4-14(10-21)11-22-13-19-12-20-22/h1-2,5-6,12-14H,3-4,7-11,18H2. The highest BCUT2D eigenvalue weighted by molar-refractivity contribution is 5.76. The van der Waals surface area contributed by atoms with Gasteiger partial charge in [0.1, 0.15) is 12.7 Å². The van der Waals surface area contributed by atoms with Crippen LogP contribution in [-0.4, -0.2) is 38.7 Å². The van der Waals surface area contributed by atoms with Crippen LogP contribution >= 0.6 is 0 Å². The minimum absolute atomic E-state index is 0.219. The number of carbonyl (C=O) groups is 1. The summed E-state index contributed by atoms with van der Waals surface area (Å²) in [5.74, 6) is 0.674. The lowest BCUT2D eigenvalue weighted by Crippen LogP contribution is -2.41. The maximum Gasteiger partial charge on any atom is 0.222 e. The Bertz CT molecular complexity index is 640. The average molecular weight is 313 g/mol. The molecule has 23 heavy (non-hydrogen) atoms. The average Bonchev–Trinajstić information content (AvgIpc) is 3.07. The molecule has 6 nitrogen and oxygen atoms in total. The number of hydrogen-bond donors (Lipinski definition) is 1. The lowest BCUT2D eigenvalue weighted by molar-refractivity contribution is -0.133. The van der Waals surface area contributed by atoms with Crippen molar-refractivity contribution in [2.24, 2.45) is 5.92 Å². The first-order valence-electron chi connectivity index (χ1n) is 8.16. The fourth-order valence-corrected chi connectivity index (χ4v) is 3.19. The zero-order valence-corrected chi connectivity index (χ0v) is 13.3. The molecule has 1 amide bonds. The summed E-state index contributed by atoms with van der Waals surface area (Å²) in [7, 11) is 0. The Morgan fingerprint density at radius 2 is 2.22 bits per heavy atom. The van der Waals surface area contributed by atoms with Crippen molar-refractivity contribution in [3.05, 3.63) is 42.5 Å². The molecule has 2 aromatic rings. The quantitative estimate of drug-likeness (QED) is 0.853. The Morgan fingerprint density at radius 1 is 1.35 bits per heavy atom. The van der Waals surface area contributed by atoms with E-state index in [2.05, 4.69) is 10.1 Å². The van der Waals surface area contributed by atoms with Crippen molar-refractivity contribution in [3.8, 4) is 0 Å². The number of nitrogen functional groups attached to an aromatic ring is 1. The normalized spacial score (nSPS) is 18.1. The van der Waals surface area contributed by atoms with Crippen molar-refractivity contribution in [3.63, 3.8) is 0 Å². The molecule has 1 fully saturated rings. The molecule has 3 rings (SSSR count). The molecule has 1 aromatic heterocycles. The van der Waals surface area contributed by atoms with Gasteiger partial charge in [-0.15, -0.1) is 0 Å². The van der Waals surface area contributed by atoms with Crippen LogP contribution in [0.3, 0.4) is 0 Å². The second-order valence-electron chi connectivity index (χ2n) is 6.16. The summed E-state index contributed by atoms with van der Waals surface area (Å²) in [5, 5.41) is 4.15. The molecule has 6 heteroatoms. The van der Waals surface area contributed by atoms with Gasteiger partial charge in [0.05, 0.1) is 0 Å². The van der Waals surface area contributed by atoms with E-state index in [4.69, 9.17) is 5.73 Å². The van der Waals surface area contributed by atoms with Gasteiger partial charge in [-0.3, -0.25) is 9.48 Å². The van der Waals surface area contributed by atoms with Crippen LogP contribution in [0.4, 0.5) is 5.69 Å². The van der Waals surface area contributed by atoms with Gasteiger partial charge in [-0.2, -0.15) is 5.10 Å². The highest BCUT2D eigenvalue weighted by Gasteiger charge is 2.23. The molecule has 1 aliphatic heterocycles. The Kier molecular flexibility index (Phi) is 4.90. The summed E-state index contributed by atoms with van der Waals surface area (Å²) < 4.78 is 1.85. The highest BCUT2D eigenvalue weighted by Crippen LogP contribution is 2.20. The SMILES string of the molecule is Nc1ccccc1CCC(=O)N1CCCC(Cn2cncn2)C1. The molecule has 2 heterocycles. The lowest BCUT2D eigenvalue weighted by Gasteiger charge is -2.32. The molecule has 0 bridgehead atoms. The number of likely N-dealkylation sites (tertiary alicyclic amines) is 1. The third-order valence-electron chi connectivity index (χ3n) is 4.45. The minimum atomic E-state index is 0.219. The van der Waals surface area contributed by atoms with E-state index in [9.17, 15) is 4.79 Å². The van der Waals surface area contributed by atoms with E-state index in [1.165, 1.54) is 0 Å². The molecule has 1 unspecified atom stereocenters. The predicted molar refractivity (Wildman–Crippen MR) is 88.5 cm³/mol. The van der Waals surface area contributed by atoms with Gasteiger partial charge in [-0.25, -0.2) is 4.98 Å². The highest BCUT2D eigenvalue weighted by atomic mass is 16.2. The molecule has 1 saturated heterocycles. The van der Waals surface area contributed by atoms with Crippen LogP contribution in [0.25, 0.3) is 0 Å². The summed E-state index contributed by atoms with van der Waals surface area (Å²) >= 11 is 0. The zero-order valence-electron chi connectivity index (χ0n) is 13.3. The van der Waals surface area contributed by atoms with E-state index in [-0.39, 0.29) is 5.91 Å². The molecule has 0 spiro atoms. The van der Waals surface area contributed by atoms with Crippen LogP contribution < -0.4 is 5.73 Å². The lowest BCUT2D eigenvalue weighted by atomic mass is 9.97. The van der Waals surface area contributed by atoms with Gasteiger partial charge in [-0.05, 0) is 36.8 Å². The number of para-hydroxylation sites is 1. The predicted octanol–water partition coefficient (Wildman–Crippen LogP) is 1.73. The number of nitrogens with zero attached hydrogens (tertiary/aromatic N) is 4. The van der Waals surface area contributed by atoms with Crippen molar-refractivity contribution in [1.82, 2.24) is 19.7 Å². The third-order valence-corrected chi connectivity index (χ3v) is 4.45. The Labute approximate surface area is 136 Å². The second-order valence-corrected chi connectivity index (χ2v) is 6.16. The van der Waals surface area contributed by atoms with Crippen LogP contribution in [0, 0.1) is 5.92 Å². The summed E-state index contributed by atoms with van der Waals surface area (Å²) in [6.07, 6.45) is 6.70. The van der Waals surface area contributed by atoms with Crippen LogP contribution in [0.15, 0.2) is 36.9 Å². The van der Waals surface area contributed by atoms with E-state index < -0.39 is 0 Å². The number of aromatic nitrogens is 3. The number of aryl methyl sites for hydroxylation is 1. The van der Waals surface area contributed by atoms with Crippen molar-refractivity contribution in [1.29, 1.82) is 0 Å². The van der Waals surface area contributed by atoms with Crippen LogP contribution in [-0.2, 0) is 17.8 Å². The number of anilines is 1. The first-order valence-corrected chi connectivity index (χ1v) is 8.16. The number of rotatable bonds is 5. The van der Waals surface area contributed by atoms with Gasteiger partial charge < -0.3 is 10.6 Å². The third kappa shape index (κ3) is 4.09. The Morgan fingerprint density at radius 3 is 3.00 bits per heavy atom. The molecule has 0 radical (unpaired) electrons. The van der Waals surface area contributed by atoms with Crippen molar-refractivity contribution < 1.29 is 4.79 Å². The molecular weight excluding hydrogens is 290 g/mol. The Hall–Kier alpha value is -2.37. The van der Waals surface area contributed by atoms with E-state index >= 15 is 0 Å². The topological polar surface area (TPSA) is 77.0 Å². The van der Waals surface area contributed by atoms with E-state index in [0.717, 1.165) is 43.7 Å². The van der Waals surface area contributed by atoms with Crippen molar-refractivity contribution >= 4 is 11.6 Å². The number of piperidine rings is 1. The second kappa shape index (κ2) is 7.26. The molecule has 122 valence electrons. The molecule has 2 N–H and O–H groups in total. The molecule has 1 atom stereocenters. The van der Waals surface area contributed by atoms with Gasteiger partial charge in [-0.1, -0.05) is 18.2 Å². The van der Waals surface area contributed by atoms with E-state index in [0.29, 0.717) is 18.8 Å². The van der Waals surface area contributed by atoms with E-state index in [1.807, 2.05) is 33.8 Å². The fraction of sp³-hybridized carbons (Fsp3) is 0.471. The van der Waals surface area contributed by atoms with Gasteiger partial charge in [0.15, 0.2) is 0 Å². The van der Waals surface area contributed by atoms with Gasteiger partial charge >= 0.3 is 0 Å². The zero-order chi connectivity index (χ0) is 16.1. The number of hydrogen-bond acceptors (Lipinski definition) is 4. The number of benzene rings is 1. The summed E-state index contributed by atoms with van der Waals surface area (Å²) in [6, 6.07) is 7.76. The monoisotopic (exact) mass is 313 g/mol. The first kappa shape index (κ1) is 15.5. The molecular formula is C17H23N5O. The van der Waals surface area contributed by atoms with Crippen LogP contribution in [0.1, 0.15) is 24.8 Å². The summed E-state index contributed by atoms with van der Waals surface area (Å²) in [6.45, 7) is 2.50. The minimum Gasteiger partial charge on any atom is -0.399 e. The van der Waals surface area contributed by atoms with Crippen LogP contribution in [0.5, 0.6) is 0 Å². The first-order chi connectivity index (χ1) is 11.2. The molecule has 0 saturated carbocycles. The van der Waals surface area contributed by atoms with Gasteiger partial charge in [0.25, 0.3) is 0 Å². The number of carbonyl (C=O) groups excluding carboxylic acids is 1. The molecule has 1 aliphatic rings. The smallest absolute Gasteiger partial charge is 0.222 e. The van der Waals surface area contributed by atoms with E-state index in [1.54, 1.807) is 12.7 Å². The Balaban J connectivity index is 1.51. The number of nitrogens with two attached hydrogens (primary N) is 1. The maximum atomic E-state index is 12.5. The van der Waals surface area contributed by atoms with Crippen molar-refractivity contribution in [2.75, 3.05) is 18.8 Å². The fourth-order valence-electron chi connectivity index (χ4n) is 3.19. The molecule has 0 aliphatic carbocycles. The summed E-state index contributed by atoms with van der Waals surface area (Å²) in [5.41, 5.74) is 7.76. The van der Waals surface area contributed by atoms with Crippen molar-refractivity contribution in [2.45, 2.75) is 32.2 Å². The van der Waals surface area contributed by atoms with Gasteiger partial charge in [0.2, 0.25) is 5.91 Å². The molecule has 1 aromatic carbocycles. The van der Waals surface area contributed by atoms with Crippen LogP contribution in [0.2, 0.25) is 0 Å². The van der Waals surface area contributed by atoms with Gasteiger partial charge in [0, 0.05) is 31.7 Å².